The number of rotatable bonds is 5. The van der Waals surface area contributed by atoms with E-state index in [0.29, 0.717) is 22.9 Å². The van der Waals surface area contributed by atoms with E-state index in [1.165, 1.54) is 6.33 Å². The molecule has 0 bridgehead atoms. The number of ether oxygens (including phenoxy) is 2. The molecule has 0 unspecified atom stereocenters. The first-order valence-electron chi connectivity index (χ1n) is 6.50. The highest BCUT2D eigenvalue weighted by Gasteiger charge is 2.10. The lowest BCUT2D eigenvalue weighted by atomic mass is 10.2. The van der Waals surface area contributed by atoms with Crippen LogP contribution >= 0.6 is 0 Å². The normalized spacial score (nSPS) is 9.81. The molecule has 0 radical (unpaired) electrons. The molecule has 1 heterocycles. The van der Waals surface area contributed by atoms with Crippen molar-refractivity contribution < 1.29 is 9.47 Å². The molecule has 0 fully saturated rings. The third kappa shape index (κ3) is 3.39. The summed E-state index contributed by atoms with van der Waals surface area (Å²) in [4.78, 5) is 8.29. The zero-order valence-corrected chi connectivity index (χ0v) is 12.2. The van der Waals surface area contributed by atoms with Crippen LogP contribution in [0.3, 0.4) is 0 Å². The number of nitrogens with zero attached hydrogens (tertiary/aromatic N) is 3. The third-order valence-corrected chi connectivity index (χ3v) is 2.84. The van der Waals surface area contributed by atoms with Crippen LogP contribution in [0.4, 0.5) is 5.82 Å². The first-order valence-corrected chi connectivity index (χ1v) is 6.50. The van der Waals surface area contributed by atoms with Gasteiger partial charge in [-0.05, 0) is 26.0 Å². The summed E-state index contributed by atoms with van der Waals surface area (Å²) in [5.74, 6) is 2.22. The Kier molecular flexibility index (Phi) is 4.57. The topological polar surface area (TPSA) is 80.1 Å². The van der Waals surface area contributed by atoms with E-state index in [4.69, 9.17) is 14.7 Å². The third-order valence-electron chi connectivity index (χ3n) is 2.84. The van der Waals surface area contributed by atoms with Gasteiger partial charge in [0.2, 0.25) is 5.88 Å². The second-order valence-electron chi connectivity index (χ2n) is 4.29. The van der Waals surface area contributed by atoms with E-state index in [9.17, 15) is 0 Å². The number of nitrogens with one attached hydrogen (secondary N) is 1. The van der Waals surface area contributed by atoms with E-state index < -0.39 is 0 Å². The van der Waals surface area contributed by atoms with Crippen LogP contribution in [-0.4, -0.2) is 23.6 Å². The van der Waals surface area contributed by atoms with Gasteiger partial charge in [-0.3, -0.25) is 0 Å². The van der Waals surface area contributed by atoms with Crippen molar-refractivity contribution in [2.45, 2.75) is 13.8 Å². The number of anilines is 1. The fourth-order valence-corrected chi connectivity index (χ4v) is 1.81. The Bertz CT molecular complexity index is 680. The molecule has 6 heteroatoms. The van der Waals surface area contributed by atoms with Gasteiger partial charge in [-0.2, -0.15) is 5.26 Å². The Morgan fingerprint density at radius 2 is 2.00 bits per heavy atom. The van der Waals surface area contributed by atoms with E-state index in [-0.39, 0.29) is 0 Å². The van der Waals surface area contributed by atoms with Crippen LogP contribution in [0.15, 0.2) is 24.5 Å². The molecule has 6 nitrogen and oxygen atoms in total. The van der Waals surface area contributed by atoms with Gasteiger partial charge in [0.25, 0.3) is 0 Å². The number of methoxy groups -OCH3 is 1. The van der Waals surface area contributed by atoms with Crippen LogP contribution in [0.25, 0.3) is 0 Å². The molecule has 0 saturated carbocycles. The average molecular weight is 284 g/mol. The van der Waals surface area contributed by atoms with Crippen molar-refractivity contribution in [3.8, 4) is 23.4 Å². The Morgan fingerprint density at radius 3 is 2.67 bits per heavy atom. The molecule has 21 heavy (non-hydrogen) atoms. The largest absolute Gasteiger partial charge is 0.497 e. The number of benzene rings is 1. The van der Waals surface area contributed by atoms with E-state index in [2.05, 4.69) is 21.4 Å². The molecule has 0 atom stereocenters. The van der Waals surface area contributed by atoms with Gasteiger partial charge in [-0.15, -0.1) is 0 Å². The molecule has 0 amide bonds. The highest BCUT2D eigenvalue weighted by Crippen LogP contribution is 2.29. The van der Waals surface area contributed by atoms with Gasteiger partial charge in [-0.25, -0.2) is 9.97 Å². The predicted molar refractivity (Wildman–Crippen MR) is 78.7 cm³/mol. The molecule has 1 aromatic heterocycles. The van der Waals surface area contributed by atoms with Gasteiger partial charge < -0.3 is 14.8 Å². The molecule has 1 N–H and O–H groups in total. The van der Waals surface area contributed by atoms with Gasteiger partial charge in [0.15, 0.2) is 0 Å². The van der Waals surface area contributed by atoms with Crippen molar-refractivity contribution in [2.24, 2.45) is 0 Å². The van der Waals surface area contributed by atoms with Crippen LogP contribution in [0, 0.1) is 18.3 Å². The standard InChI is InChI=1S/C15H16N4O2/c1-4-17-14-10(2)15(19-9-18-14)21-13-6-11(8-16)5-12(7-13)20-3/h5-7,9H,4H2,1-3H3,(H,17,18,19). The highest BCUT2D eigenvalue weighted by molar-refractivity contribution is 5.50. The van der Waals surface area contributed by atoms with Crippen molar-refractivity contribution in [2.75, 3.05) is 19.0 Å². The lowest BCUT2D eigenvalue weighted by Gasteiger charge is -2.12. The molecule has 0 aliphatic heterocycles. The first-order chi connectivity index (χ1) is 10.2. The van der Waals surface area contributed by atoms with E-state index in [1.807, 2.05) is 13.8 Å². The molecule has 2 aromatic rings. The van der Waals surface area contributed by atoms with Crippen molar-refractivity contribution in [3.63, 3.8) is 0 Å². The molecule has 1 aromatic carbocycles. The Hall–Kier alpha value is -2.81. The summed E-state index contributed by atoms with van der Waals surface area (Å²) in [6.07, 6.45) is 1.44. The second kappa shape index (κ2) is 6.57. The fourth-order valence-electron chi connectivity index (χ4n) is 1.81. The summed E-state index contributed by atoms with van der Waals surface area (Å²) >= 11 is 0. The number of hydrogen-bond donors (Lipinski definition) is 1. The number of aromatic nitrogens is 2. The van der Waals surface area contributed by atoms with Crippen molar-refractivity contribution in [1.29, 1.82) is 5.26 Å². The summed E-state index contributed by atoms with van der Waals surface area (Å²) in [6, 6.07) is 7.05. The summed E-state index contributed by atoms with van der Waals surface area (Å²) in [5, 5.41) is 12.2. The zero-order chi connectivity index (χ0) is 15.2. The molecule has 0 aliphatic carbocycles. The van der Waals surface area contributed by atoms with Gasteiger partial charge >= 0.3 is 0 Å². The van der Waals surface area contributed by atoms with Gasteiger partial charge in [0, 0.05) is 12.6 Å². The van der Waals surface area contributed by atoms with Gasteiger partial charge in [0.1, 0.15) is 23.6 Å². The molecule has 108 valence electrons. The van der Waals surface area contributed by atoms with Crippen LogP contribution in [0.5, 0.6) is 17.4 Å². The molecule has 2 rings (SSSR count). The average Bonchev–Trinajstić information content (AvgIpc) is 2.51. The summed E-state index contributed by atoms with van der Waals surface area (Å²) < 4.78 is 10.9. The maximum atomic E-state index is 9.02. The summed E-state index contributed by atoms with van der Waals surface area (Å²) in [7, 11) is 1.54. The maximum Gasteiger partial charge on any atom is 0.227 e. The van der Waals surface area contributed by atoms with E-state index in [1.54, 1.807) is 25.3 Å². The molecular formula is C15H16N4O2. The summed E-state index contributed by atoms with van der Waals surface area (Å²) in [6.45, 7) is 4.62. The van der Waals surface area contributed by atoms with Gasteiger partial charge in [0.05, 0.1) is 24.3 Å². The van der Waals surface area contributed by atoms with Crippen LogP contribution in [0.1, 0.15) is 18.1 Å². The van der Waals surface area contributed by atoms with E-state index >= 15 is 0 Å². The smallest absolute Gasteiger partial charge is 0.227 e. The highest BCUT2D eigenvalue weighted by atomic mass is 16.5. The van der Waals surface area contributed by atoms with Crippen molar-refractivity contribution >= 4 is 5.82 Å². The molecular weight excluding hydrogens is 268 g/mol. The monoisotopic (exact) mass is 284 g/mol. The molecule has 0 spiro atoms. The minimum atomic E-state index is 0.443. The lowest BCUT2D eigenvalue weighted by Crippen LogP contribution is -2.03. The zero-order valence-electron chi connectivity index (χ0n) is 12.2. The SMILES string of the molecule is CCNc1ncnc(Oc2cc(C#N)cc(OC)c2)c1C. The minimum absolute atomic E-state index is 0.443. The van der Waals surface area contributed by atoms with Crippen LogP contribution < -0.4 is 14.8 Å². The Labute approximate surface area is 123 Å². The molecule has 0 aliphatic rings. The molecule has 0 saturated heterocycles. The first kappa shape index (κ1) is 14.6. The summed E-state index contributed by atoms with van der Waals surface area (Å²) in [5.41, 5.74) is 1.27. The maximum absolute atomic E-state index is 9.02. The predicted octanol–water partition coefficient (Wildman–Crippen LogP) is 2.89. The lowest BCUT2D eigenvalue weighted by molar-refractivity contribution is 0.406. The number of hydrogen-bond acceptors (Lipinski definition) is 6. The number of nitriles is 1. The Morgan fingerprint density at radius 1 is 1.24 bits per heavy atom. The fraction of sp³-hybridized carbons (Fsp3) is 0.267. The van der Waals surface area contributed by atoms with Gasteiger partial charge in [-0.1, -0.05) is 0 Å². The quantitative estimate of drug-likeness (QED) is 0.909. The van der Waals surface area contributed by atoms with Crippen LogP contribution in [0.2, 0.25) is 0 Å². The van der Waals surface area contributed by atoms with E-state index in [0.717, 1.165) is 17.9 Å². The minimum Gasteiger partial charge on any atom is -0.497 e. The van der Waals surface area contributed by atoms with Crippen molar-refractivity contribution in [3.05, 3.63) is 35.7 Å². The van der Waals surface area contributed by atoms with Crippen LogP contribution in [-0.2, 0) is 0 Å². The Balaban J connectivity index is 2.34. The van der Waals surface area contributed by atoms with Crippen molar-refractivity contribution in [1.82, 2.24) is 9.97 Å². The second-order valence-corrected chi connectivity index (χ2v) is 4.29.